The van der Waals surface area contributed by atoms with Crippen LogP contribution in [0.25, 0.3) is 0 Å². The summed E-state index contributed by atoms with van der Waals surface area (Å²) >= 11 is 0. The molecule has 1 atom stereocenters. The van der Waals surface area contributed by atoms with Crippen LogP contribution in [0.2, 0.25) is 0 Å². The zero-order valence-corrected chi connectivity index (χ0v) is 11.9. The molecule has 0 aromatic heterocycles. The summed E-state index contributed by atoms with van der Waals surface area (Å²) in [5.41, 5.74) is 5.88. The smallest absolute Gasteiger partial charge is 0.220 e. The first-order valence-electron chi connectivity index (χ1n) is 7.88. The molecule has 3 N–H and O–H groups in total. The highest BCUT2D eigenvalue weighted by Gasteiger charge is 2.19. The number of ether oxygens (including phenoxy) is 1. The van der Waals surface area contributed by atoms with Crippen molar-refractivity contribution in [2.75, 3.05) is 13.2 Å². The average molecular weight is 268 g/mol. The summed E-state index contributed by atoms with van der Waals surface area (Å²) in [5.74, 6) is 0.818. The second kappa shape index (κ2) is 7.85. The first kappa shape index (κ1) is 14.8. The van der Waals surface area contributed by atoms with Gasteiger partial charge in [0.1, 0.15) is 0 Å². The highest BCUT2D eigenvalue weighted by molar-refractivity contribution is 5.75. The van der Waals surface area contributed by atoms with Crippen molar-refractivity contribution in [2.45, 2.75) is 69.9 Å². The van der Waals surface area contributed by atoms with Crippen LogP contribution in [-0.4, -0.2) is 31.2 Å². The monoisotopic (exact) mass is 268 g/mol. The van der Waals surface area contributed by atoms with Crippen molar-refractivity contribution in [1.29, 1.82) is 0 Å². The standard InChI is InChI=1S/C15H28N2O2/c16-13-6-4-12(5-7-13)11-17-15(18)9-8-14-3-1-2-10-19-14/h12-14H,1-11,16H2,(H,17,18). The third-order valence-electron chi connectivity index (χ3n) is 4.45. The molecule has 1 aliphatic heterocycles. The molecular formula is C15H28N2O2. The van der Waals surface area contributed by atoms with Crippen LogP contribution in [0, 0.1) is 5.92 Å². The molecule has 0 aromatic rings. The first-order valence-corrected chi connectivity index (χ1v) is 7.88. The Morgan fingerprint density at radius 1 is 1.16 bits per heavy atom. The van der Waals surface area contributed by atoms with Gasteiger partial charge in [-0.2, -0.15) is 0 Å². The summed E-state index contributed by atoms with van der Waals surface area (Å²) in [6.45, 7) is 1.70. The molecule has 4 heteroatoms. The molecule has 0 spiro atoms. The van der Waals surface area contributed by atoms with Crippen LogP contribution in [0.1, 0.15) is 57.8 Å². The fourth-order valence-corrected chi connectivity index (χ4v) is 3.07. The molecule has 1 heterocycles. The lowest BCUT2D eigenvalue weighted by atomic mass is 9.86. The summed E-state index contributed by atoms with van der Waals surface area (Å²) in [7, 11) is 0. The van der Waals surface area contributed by atoms with Gasteiger partial charge in [0.05, 0.1) is 6.10 Å². The lowest BCUT2D eigenvalue weighted by molar-refractivity contribution is -0.122. The number of hydrogen-bond donors (Lipinski definition) is 2. The van der Waals surface area contributed by atoms with E-state index in [0.29, 0.717) is 24.5 Å². The van der Waals surface area contributed by atoms with Gasteiger partial charge >= 0.3 is 0 Å². The predicted molar refractivity (Wildman–Crippen MR) is 75.8 cm³/mol. The van der Waals surface area contributed by atoms with Crippen LogP contribution in [-0.2, 0) is 9.53 Å². The highest BCUT2D eigenvalue weighted by atomic mass is 16.5. The van der Waals surface area contributed by atoms with E-state index >= 15 is 0 Å². The van der Waals surface area contributed by atoms with Gasteiger partial charge in [-0.25, -0.2) is 0 Å². The van der Waals surface area contributed by atoms with E-state index in [4.69, 9.17) is 10.5 Å². The minimum Gasteiger partial charge on any atom is -0.378 e. The lowest BCUT2D eigenvalue weighted by Gasteiger charge is -2.26. The van der Waals surface area contributed by atoms with Gasteiger partial charge in [-0.3, -0.25) is 4.79 Å². The summed E-state index contributed by atoms with van der Waals surface area (Å²) < 4.78 is 5.64. The molecule has 0 aromatic carbocycles. The number of hydrogen-bond acceptors (Lipinski definition) is 3. The molecule has 1 unspecified atom stereocenters. The SMILES string of the molecule is NC1CCC(CNC(=O)CCC2CCCCO2)CC1. The van der Waals surface area contributed by atoms with Gasteiger partial charge in [-0.05, 0) is 57.3 Å². The Kier molecular flexibility index (Phi) is 6.11. The van der Waals surface area contributed by atoms with E-state index < -0.39 is 0 Å². The van der Waals surface area contributed by atoms with E-state index in [-0.39, 0.29) is 5.91 Å². The van der Waals surface area contributed by atoms with Crippen molar-refractivity contribution >= 4 is 5.91 Å². The van der Waals surface area contributed by atoms with Gasteiger partial charge in [0.15, 0.2) is 0 Å². The fourth-order valence-electron chi connectivity index (χ4n) is 3.07. The van der Waals surface area contributed by atoms with Crippen LogP contribution < -0.4 is 11.1 Å². The van der Waals surface area contributed by atoms with Crippen LogP contribution >= 0.6 is 0 Å². The van der Waals surface area contributed by atoms with Crippen molar-refractivity contribution in [2.24, 2.45) is 11.7 Å². The maximum Gasteiger partial charge on any atom is 0.220 e. The van der Waals surface area contributed by atoms with Crippen molar-refractivity contribution in [3.05, 3.63) is 0 Å². The number of rotatable bonds is 5. The number of nitrogens with two attached hydrogens (primary N) is 1. The maximum atomic E-state index is 11.8. The topological polar surface area (TPSA) is 64.3 Å². The van der Waals surface area contributed by atoms with Gasteiger partial charge in [-0.15, -0.1) is 0 Å². The molecular weight excluding hydrogens is 240 g/mol. The Bertz CT molecular complexity index is 269. The van der Waals surface area contributed by atoms with Crippen molar-refractivity contribution < 1.29 is 9.53 Å². The van der Waals surface area contributed by atoms with E-state index in [9.17, 15) is 4.79 Å². The van der Waals surface area contributed by atoms with Gasteiger partial charge in [0.25, 0.3) is 0 Å². The molecule has 1 amide bonds. The molecule has 0 bridgehead atoms. The number of carbonyl (C=O) groups excluding carboxylic acids is 1. The Hall–Kier alpha value is -0.610. The quantitative estimate of drug-likeness (QED) is 0.801. The Morgan fingerprint density at radius 3 is 2.63 bits per heavy atom. The molecule has 2 rings (SSSR count). The summed E-state index contributed by atoms with van der Waals surface area (Å²) in [6.07, 6.45) is 9.87. The van der Waals surface area contributed by atoms with Gasteiger partial charge in [-0.1, -0.05) is 0 Å². The van der Waals surface area contributed by atoms with Crippen LogP contribution in [0.3, 0.4) is 0 Å². The number of nitrogens with one attached hydrogen (secondary N) is 1. The Balaban J connectivity index is 1.54. The Labute approximate surface area is 116 Å². The van der Waals surface area contributed by atoms with E-state index in [1.54, 1.807) is 0 Å². The van der Waals surface area contributed by atoms with Gasteiger partial charge in [0, 0.05) is 25.6 Å². The van der Waals surface area contributed by atoms with E-state index in [1.165, 1.54) is 12.8 Å². The normalized spacial score (nSPS) is 31.9. The molecule has 0 radical (unpaired) electrons. The summed E-state index contributed by atoms with van der Waals surface area (Å²) in [6, 6.07) is 0.385. The molecule has 2 fully saturated rings. The summed E-state index contributed by atoms with van der Waals surface area (Å²) in [4.78, 5) is 11.8. The minimum atomic E-state index is 0.184. The third kappa shape index (κ3) is 5.49. The summed E-state index contributed by atoms with van der Waals surface area (Å²) in [5, 5.41) is 3.07. The first-order chi connectivity index (χ1) is 9.24. The number of carbonyl (C=O) groups is 1. The lowest BCUT2D eigenvalue weighted by Crippen LogP contribution is -2.34. The molecule has 1 saturated carbocycles. The highest BCUT2D eigenvalue weighted by Crippen LogP contribution is 2.22. The maximum absolute atomic E-state index is 11.8. The van der Waals surface area contributed by atoms with E-state index in [1.807, 2.05) is 0 Å². The molecule has 110 valence electrons. The van der Waals surface area contributed by atoms with Crippen LogP contribution in [0.5, 0.6) is 0 Å². The van der Waals surface area contributed by atoms with Crippen LogP contribution in [0.4, 0.5) is 0 Å². The molecule has 2 aliphatic rings. The predicted octanol–water partition coefficient (Wildman–Crippen LogP) is 1.97. The van der Waals surface area contributed by atoms with Crippen LogP contribution in [0.15, 0.2) is 0 Å². The molecule has 1 aliphatic carbocycles. The zero-order valence-electron chi connectivity index (χ0n) is 11.9. The largest absolute Gasteiger partial charge is 0.378 e. The van der Waals surface area contributed by atoms with Crippen molar-refractivity contribution in [3.63, 3.8) is 0 Å². The number of amides is 1. The minimum absolute atomic E-state index is 0.184. The molecule has 4 nitrogen and oxygen atoms in total. The second-order valence-electron chi connectivity index (χ2n) is 6.11. The van der Waals surface area contributed by atoms with E-state index in [0.717, 1.165) is 51.7 Å². The van der Waals surface area contributed by atoms with Gasteiger partial charge < -0.3 is 15.8 Å². The second-order valence-corrected chi connectivity index (χ2v) is 6.11. The molecule has 1 saturated heterocycles. The van der Waals surface area contributed by atoms with E-state index in [2.05, 4.69) is 5.32 Å². The van der Waals surface area contributed by atoms with Crippen molar-refractivity contribution in [3.8, 4) is 0 Å². The van der Waals surface area contributed by atoms with Gasteiger partial charge in [0.2, 0.25) is 5.91 Å². The Morgan fingerprint density at radius 2 is 1.95 bits per heavy atom. The molecule has 19 heavy (non-hydrogen) atoms. The van der Waals surface area contributed by atoms with Crippen molar-refractivity contribution in [1.82, 2.24) is 5.32 Å². The third-order valence-corrected chi connectivity index (χ3v) is 4.45. The zero-order chi connectivity index (χ0) is 13.5. The average Bonchev–Trinajstić information content (AvgIpc) is 2.45. The fraction of sp³-hybridized carbons (Fsp3) is 0.933.